The van der Waals surface area contributed by atoms with Crippen LogP contribution in [0.1, 0.15) is 33.9 Å². The zero-order chi connectivity index (χ0) is 31.8. The molecule has 0 N–H and O–H groups in total. The molecule has 6 nitrogen and oxygen atoms in total. The average Bonchev–Trinajstić information content (AvgIpc) is 3.46. The van der Waals surface area contributed by atoms with E-state index in [2.05, 4.69) is 72.8 Å². The van der Waals surface area contributed by atoms with Gasteiger partial charge in [-0.1, -0.05) is 140 Å². The molecule has 0 bridgehead atoms. The van der Waals surface area contributed by atoms with Crippen molar-refractivity contribution in [1.82, 2.24) is 0 Å². The molecule has 6 heteroatoms. The Kier molecular flexibility index (Phi) is 10.2. The van der Waals surface area contributed by atoms with Crippen molar-refractivity contribution in [3.8, 4) is 11.1 Å². The number of methoxy groups -OCH3 is 1. The lowest BCUT2D eigenvalue weighted by atomic mass is 9.97. The molecule has 5 aromatic carbocycles. The number of hydrogen-bond acceptors (Lipinski definition) is 6. The zero-order valence-corrected chi connectivity index (χ0v) is 26.5. The van der Waals surface area contributed by atoms with E-state index < -0.39 is 30.7 Å². The third-order valence-electron chi connectivity index (χ3n) is 8.88. The Balaban J connectivity index is 1.19. The van der Waals surface area contributed by atoms with Crippen LogP contribution in [0.15, 0.2) is 140 Å². The molecule has 0 spiro atoms. The highest BCUT2D eigenvalue weighted by atomic mass is 16.7. The quantitative estimate of drug-likeness (QED) is 0.132. The van der Waals surface area contributed by atoms with Gasteiger partial charge < -0.3 is 28.4 Å². The van der Waals surface area contributed by atoms with Crippen molar-refractivity contribution >= 4 is 0 Å². The SMILES string of the molecule is CO[C@H]1O[C@H](COC2c3ccccc3-c3ccccc32)[C@@H](OCc2ccccc2)[C@H](OCc2ccccc2)[C@H]1OCc1ccccc1. The van der Waals surface area contributed by atoms with Gasteiger partial charge in [-0.2, -0.15) is 0 Å². The predicted molar refractivity (Wildman–Crippen MR) is 180 cm³/mol. The maximum absolute atomic E-state index is 6.79. The van der Waals surface area contributed by atoms with Crippen LogP contribution in [-0.2, 0) is 48.2 Å². The number of rotatable bonds is 13. The molecule has 2 aliphatic rings. The lowest BCUT2D eigenvalue weighted by Gasteiger charge is -2.45. The van der Waals surface area contributed by atoms with Gasteiger partial charge in [-0.15, -0.1) is 0 Å². The summed E-state index contributed by atoms with van der Waals surface area (Å²) in [5.74, 6) is 0. The van der Waals surface area contributed by atoms with Crippen LogP contribution in [0, 0.1) is 0 Å². The Morgan fingerprint density at radius 3 is 1.38 bits per heavy atom. The van der Waals surface area contributed by atoms with Crippen molar-refractivity contribution in [2.75, 3.05) is 13.7 Å². The van der Waals surface area contributed by atoms with Crippen molar-refractivity contribution in [2.45, 2.75) is 56.6 Å². The molecule has 47 heavy (non-hydrogen) atoms. The summed E-state index contributed by atoms with van der Waals surface area (Å²) in [5, 5.41) is 0. The monoisotopic (exact) mass is 628 g/mol. The first-order valence-electron chi connectivity index (χ1n) is 16.2. The van der Waals surface area contributed by atoms with Gasteiger partial charge in [0.15, 0.2) is 6.29 Å². The molecule has 240 valence electrons. The van der Waals surface area contributed by atoms with Crippen LogP contribution in [0.3, 0.4) is 0 Å². The van der Waals surface area contributed by atoms with Gasteiger partial charge in [-0.25, -0.2) is 0 Å². The molecule has 0 amide bonds. The van der Waals surface area contributed by atoms with Gasteiger partial charge in [0.2, 0.25) is 0 Å². The highest BCUT2D eigenvalue weighted by Crippen LogP contribution is 2.45. The fourth-order valence-electron chi connectivity index (χ4n) is 6.55. The topological polar surface area (TPSA) is 55.4 Å². The summed E-state index contributed by atoms with van der Waals surface area (Å²) in [4.78, 5) is 0. The predicted octanol–water partition coefficient (Wildman–Crippen LogP) is 7.90. The molecule has 5 aromatic rings. The lowest BCUT2D eigenvalue weighted by Crippen LogP contribution is -2.61. The minimum atomic E-state index is -0.701. The number of ether oxygens (including phenoxy) is 6. The van der Waals surface area contributed by atoms with E-state index in [9.17, 15) is 0 Å². The van der Waals surface area contributed by atoms with Crippen molar-refractivity contribution in [1.29, 1.82) is 0 Å². The number of fused-ring (bicyclic) bond motifs is 3. The zero-order valence-electron chi connectivity index (χ0n) is 26.5. The fourth-order valence-corrected chi connectivity index (χ4v) is 6.55. The smallest absolute Gasteiger partial charge is 0.186 e. The molecule has 1 saturated heterocycles. The minimum absolute atomic E-state index is 0.225. The molecule has 0 saturated carbocycles. The third kappa shape index (κ3) is 7.24. The second-order valence-electron chi connectivity index (χ2n) is 12.0. The number of hydrogen-bond donors (Lipinski definition) is 0. The van der Waals surface area contributed by atoms with Crippen LogP contribution in [0.4, 0.5) is 0 Å². The average molecular weight is 629 g/mol. The molecule has 0 aromatic heterocycles. The summed E-state index contributed by atoms with van der Waals surface area (Å²) in [7, 11) is 1.64. The highest BCUT2D eigenvalue weighted by molar-refractivity contribution is 5.78. The Hall–Kier alpha value is -4.14. The normalized spacial score (nSPS) is 22.1. The second kappa shape index (κ2) is 15.2. The molecule has 0 unspecified atom stereocenters. The van der Waals surface area contributed by atoms with E-state index in [1.54, 1.807) is 7.11 Å². The summed E-state index contributed by atoms with van der Waals surface area (Å²) in [5.41, 5.74) is 7.86. The van der Waals surface area contributed by atoms with Crippen molar-refractivity contribution < 1.29 is 28.4 Å². The standard InChI is InChI=1S/C41H40O6/c1-42-41-40(45-27-31-19-9-4-10-20-31)39(44-26-30-17-7-3-8-18-30)38(43-25-29-15-5-2-6-16-29)36(47-41)28-46-37-34-23-13-11-21-32(34)33-22-12-14-24-35(33)37/h2-24,36-41H,25-28H2,1H3/t36-,38-,39+,40-,41+/m1/s1. The van der Waals surface area contributed by atoms with Crippen molar-refractivity contribution in [3.63, 3.8) is 0 Å². The summed E-state index contributed by atoms with van der Waals surface area (Å²) in [6, 6.07) is 47.3. The molecule has 1 aliphatic heterocycles. The first-order chi connectivity index (χ1) is 23.3. The molecule has 1 fully saturated rings. The lowest BCUT2D eigenvalue weighted by molar-refractivity contribution is -0.323. The van der Waals surface area contributed by atoms with E-state index in [1.165, 1.54) is 11.1 Å². The van der Waals surface area contributed by atoms with Gasteiger partial charge >= 0.3 is 0 Å². The molecule has 0 radical (unpaired) electrons. The van der Waals surface area contributed by atoms with E-state index in [1.807, 2.05) is 66.7 Å². The van der Waals surface area contributed by atoms with Crippen LogP contribution in [0.2, 0.25) is 0 Å². The largest absolute Gasteiger partial charge is 0.368 e. The molecule has 1 aliphatic carbocycles. The van der Waals surface area contributed by atoms with E-state index in [0.717, 1.165) is 27.8 Å². The highest BCUT2D eigenvalue weighted by Gasteiger charge is 2.49. The first kappa shape index (κ1) is 31.5. The third-order valence-corrected chi connectivity index (χ3v) is 8.88. The number of benzene rings is 5. The van der Waals surface area contributed by atoms with Crippen LogP contribution < -0.4 is 0 Å². The van der Waals surface area contributed by atoms with Gasteiger partial charge in [-0.3, -0.25) is 0 Å². The Bertz CT molecular complexity index is 1650. The summed E-state index contributed by atoms with van der Waals surface area (Å²) >= 11 is 0. The molecule has 1 heterocycles. The van der Waals surface area contributed by atoms with Crippen LogP contribution in [-0.4, -0.2) is 44.4 Å². The summed E-state index contributed by atoms with van der Waals surface area (Å²) in [6.07, 6.45) is -3.02. The maximum atomic E-state index is 6.79. The van der Waals surface area contributed by atoms with Crippen LogP contribution in [0.5, 0.6) is 0 Å². The van der Waals surface area contributed by atoms with E-state index in [4.69, 9.17) is 28.4 Å². The molecule has 5 atom stereocenters. The summed E-state index contributed by atoms with van der Waals surface area (Å²) in [6.45, 7) is 1.41. The van der Waals surface area contributed by atoms with Crippen LogP contribution >= 0.6 is 0 Å². The van der Waals surface area contributed by atoms with Crippen molar-refractivity contribution in [2.24, 2.45) is 0 Å². The Morgan fingerprint density at radius 2 is 0.894 bits per heavy atom. The first-order valence-corrected chi connectivity index (χ1v) is 16.2. The molecule has 7 rings (SSSR count). The van der Waals surface area contributed by atoms with E-state index in [0.29, 0.717) is 19.8 Å². The van der Waals surface area contributed by atoms with Gasteiger partial charge in [0, 0.05) is 7.11 Å². The molecular formula is C41H40O6. The fraction of sp³-hybridized carbons (Fsp3) is 0.268. The minimum Gasteiger partial charge on any atom is -0.368 e. The maximum Gasteiger partial charge on any atom is 0.186 e. The van der Waals surface area contributed by atoms with Crippen LogP contribution in [0.25, 0.3) is 11.1 Å². The van der Waals surface area contributed by atoms with Gasteiger partial charge in [-0.05, 0) is 38.9 Å². The molecular weight excluding hydrogens is 588 g/mol. The Labute approximate surface area is 276 Å². The second-order valence-corrected chi connectivity index (χ2v) is 12.0. The Morgan fingerprint density at radius 1 is 0.468 bits per heavy atom. The van der Waals surface area contributed by atoms with Gasteiger partial charge in [0.05, 0.1) is 26.4 Å². The van der Waals surface area contributed by atoms with E-state index in [-0.39, 0.29) is 12.7 Å². The van der Waals surface area contributed by atoms with E-state index >= 15 is 0 Å². The van der Waals surface area contributed by atoms with Gasteiger partial charge in [0.25, 0.3) is 0 Å². The summed E-state index contributed by atoms with van der Waals surface area (Å²) < 4.78 is 39.5. The van der Waals surface area contributed by atoms with Gasteiger partial charge in [0.1, 0.15) is 30.5 Å². The van der Waals surface area contributed by atoms with Crippen molar-refractivity contribution in [3.05, 3.63) is 167 Å².